The molecule has 0 aliphatic heterocycles. The van der Waals surface area contributed by atoms with Gasteiger partial charge in [-0.3, -0.25) is 10.1 Å². The topological polar surface area (TPSA) is 43.1 Å². The largest absolute Gasteiger partial charge is 0.272 e. The Morgan fingerprint density at radius 1 is 1.47 bits per heavy atom. The molecule has 5 heteroatoms. The molecule has 0 N–H and O–H groups in total. The summed E-state index contributed by atoms with van der Waals surface area (Å²) in [6.07, 6.45) is 1.06. The molecular weight excluding hydrogens is 245 g/mol. The zero-order valence-electron chi connectivity index (χ0n) is 9.82. The second-order valence-corrected chi connectivity index (χ2v) is 5.08. The van der Waals surface area contributed by atoms with Crippen molar-refractivity contribution in [3.8, 4) is 0 Å². The minimum atomic E-state index is -0.506. The van der Waals surface area contributed by atoms with E-state index in [9.17, 15) is 14.5 Å². The molecule has 1 aromatic rings. The minimum absolute atomic E-state index is 0.0687. The van der Waals surface area contributed by atoms with E-state index >= 15 is 0 Å². The number of nitrogens with zero attached hydrogens (tertiary/aromatic N) is 1. The number of nitro benzene ring substituents is 1. The molecule has 1 atom stereocenters. The average Bonchev–Trinajstić information content (AvgIpc) is 2.15. The number of hydrogen-bond donors (Lipinski definition) is 0. The van der Waals surface area contributed by atoms with Crippen molar-refractivity contribution in [3.63, 3.8) is 0 Å². The summed E-state index contributed by atoms with van der Waals surface area (Å²) in [5, 5.41) is 10.6. The van der Waals surface area contributed by atoms with Crippen LogP contribution in [-0.2, 0) is 6.42 Å². The SMILES string of the molecule is CC(C)CC(Cl)Cc1cc(F)ccc1[N+](=O)[O-]. The standard InChI is InChI=1S/C12H15ClFNO2/c1-8(2)5-10(13)6-9-7-11(14)3-4-12(9)15(16)17/h3-4,7-8,10H,5-6H2,1-2H3. The van der Waals surface area contributed by atoms with E-state index in [2.05, 4.69) is 0 Å². The van der Waals surface area contributed by atoms with Crippen molar-refractivity contribution < 1.29 is 9.31 Å². The van der Waals surface area contributed by atoms with Crippen LogP contribution in [-0.4, -0.2) is 10.3 Å². The molecule has 17 heavy (non-hydrogen) atoms. The van der Waals surface area contributed by atoms with Gasteiger partial charge in [-0.15, -0.1) is 11.6 Å². The van der Waals surface area contributed by atoms with Crippen LogP contribution in [0.2, 0.25) is 0 Å². The molecule has 0 saturated carbocycles. The number of alkyl halides is 1. The lowest BCUT2D eigenvalue weighted by Crippen LogP contribution is -2.09. The first-order valence-corrected chi connectivity index (χ1v) is 5.90. The third kappa shape index (κ3) is 4.30. The van der Waals surface area contributed by atoms with E-state index in [1.807, 2.05) is 13.8 Å². The van der Waals surface area contributed by atoms with Crippen molar-refractivity contribution in [2.45, 2.75) is 32.1 Å². The van der Waals surface area contributed by atoms with Gasteiger partial charge in [0.25, 0.3) is 5.69 Å². The normalized spacial score (nSPS) is 12.8. The van der Waals surface area contributed by atoms with Crippen LogP contribution in [0.5, 0.6) is 0 Å². The summed E-state index contributed by atoms with van der Waals surface area (Å²) in [5.41, 5.74) is 0.288. The highest BCUT2D eigenvalue weighted by molar-refractivity contribution is 6.20. The highest BCUT2D eigenvalue weighted by Gasteiger charge is 2.18. The summed E-state index contributed by atoms with van der Waals surface area (Å²) in [4.78, 5) is 10.3. The Bertz CT molecular complexity index is 409. The van der Waals surface area contributed by atoms with Crippen molar-refractivity contribution >= 4 is 17.3 Å². The van der Waals surface area contributed by atoms with Crippen molar-refractivity contribution in [2.24, 2.45) is 5.92 Å². The van der Waals surface area contributed by atoms with Crippen molar-refractivity contribution in [2.75, 3.05) is 0 Å². The first kappa shape index (κ1) is 13.9. The van der Waals surface area contributed by atoms with Gasteiger partial charge in [0.05, 0.1) is 4.92 Å². The lowest BCUT2D eigenvalue weighted by atomic mass is 10.0. The Hall–Kier alpha value is -1.16. The molecule has 1 unspecified atom stereocenters. The van der Waals surface area contributed by atoms with E-state index in [4.69, 9.17) is 11.6 Å². The molecule has 0 bridgehead atoms. The fourth-order valence-corrected chi connectivity index (χ4v) is 2.25. The van der Waals surface area contributed by atoms with E-state index in [0.29, 0.717) is 17.9 Å². The Balaban J connectivity index is 2.88. The molecule has 0 aliphatic rings. The van der Waals surface area contributed by atoms with Crippen LogP contribution in [0.4, 0.5) is 10.1 Å². The lowest BCUT2D eigenvalue weighted by molar-refractivity contribution is -0.385. The van der Waals surface area contributed by atoms with Gasteiger partial charge in [-0.05, 0) is 30.9 Å². The Morgan fingerprint density at radius 3 is 2.65 bits per heavy atom. The van der Waals surface area contributed by atoms with Gasteiger partial charge >= 0.3 is 0 Å². The molecule has 0 fully saturated rings. The molecule has 0 spiro atoms. The van der Waals surface area contributed by atoms with Gasteiger partial charge in [0, 0.05) is 17.0 Å². The van der Waals surface area contributed by atoms with Gasteiger partial charge < -0.3 is 0 Å². The van der Waals surface area contributed by atoms with Gasteiger partial charge in [0.15, 0.2) is 0 Å². The molecule has 0 radical (unpaired) electrons. The first-order chi connectivity index (χ1) is 7.90. The number of nitro groups is 1. The molecule has 0 aromatic heterocycles. The zero-order valence-corrected chi connectivity index (χ0v) is 10.6. The number of rotatable bonds is 5. The Kier molecular flexibility index (Phi) is 4.87. The van der Waals surface area contributed by atoms with Crippen LogP contribution in [0.15, 0.2) is 18.2 Å². The summed E-state index contributed by atoms with van der Waals surface area (Å²) >= 11 is 6.09. The quantitative estimate of drug-likeness (QED) is 0.457. The van der Waals surface area contributed by atoms with Gasteiger partial charge in [-0.25, -0.2) is 4.39 Å². The molecule has 94 valence electrons. The third-order valence-electron chi connectivity index (χ3n) is 2.41. The number of hydrogen-bond acceptors (Lipinski definition) is 2. The van der Waals surface area contributed by atoms with E-state index in [1.165, 1.54) is 12.1 Å². The van der Waals surface area contributed by atoms with Crippen LogP contribution in [0.25, 0.3) is 0 Å². The van der Waals surface area contributed by atoms with E-state index in [0.717, 1.165) is 12.5 Å². The molecule has 0 heterocycles. The molecule has 3 nitrogen and oxygen atoms in total. The third-order valence-corrected chi connectivity index (χ3v) is 2.74. The summed E-state index contributed by atoms with van der Waals surface area (Å²) in [7, 11) is 0. The average molecular weight is 260 g/mol. The predicted octanol–water partition coefficient (Wildman–Crippen LogP) is 3.93. The maximum absolute atomic E-state index is 13.1. The van der Waals surface area contributed by atoms with Gasteiger partial charge in [-0.2, -0.15) is 0 Å². The second kappa shape index (κ2) is 5.96. The summed E-state index contributed by atoms with van der Waals surface area (Å²) in [5.74, 6) is -0.0656. The highest BCUT2D eigenvalue weighted by atomic mass is 35.5. The van der Waals surface area contributed by atoms with Crippen LogP contribution < -0.4 is 0 Å². The van der Waals surface area contributed by atoms with Gasteiger partial charge in [0.2, 0.25) is 0 Å². The molecule has 0 aliphatic carbocycles. The molecule has 0 amide bonds. The first-order valence-electron chi connectivity index (χ1n) is 5.47. The van der Waals surface area contributed by atoms with Crippen molar-refractivity contribution in [1.82, 2.24) is 0 Å². The van der Waals surface area contributed by atoms with Crippen LogP contribution >= 0.6 is 11.6 Å². The van der Waals surface area contributed by atoms with Crippen molar-refractivity contribution in [3.05, 3.63) is 39.7 Å². The summed E-state index contributed by atoms with van der Waals surface area (Å²) in [6.45, 7) is 4.05. The van der Waals surface area contributed by atoms with E-state index in [-0.39, 0.29) is 11.1 Å². The predicted molar refractivity (Wildman–Crippen MR) is 65.9 cm³/mol. The van der Waals surface area contributed by atoms with Crippen LogP contribution in [0.3, 0.4) is 0 Å². The van der Waals surface area contributed by atoms with Crippen LogP contribution in [0, 0.1) is 21.8 Å². The van der Waals surface area contributed by atoms with Crippen LogP contribution in [0.1, 0.15) is 25.8 Å². The minimum Gasteiger partial charge on any atom is -0.258 e. The Morgan fingerprint density at radius 2 is 2.12 bits per heavy atom. The molecular formula is C12H15ClFNO2. The van der Waals surface area contributed by atoms with Crippen molar-refractivity contribution in [1.29, 1.82) is 0 Å². The summed E-state index contributed by atoms with van der Waals surface area (Å²) < 4.78 is 13.1. The maximum Gasteiger partial charge on any atom is 0.272 e. The van der Waals surface area contributed by atoms with E-state index < -0.39 is 10.7 Å². The fourth-order valence-electron chi connectivity index (χ4n) is 1.73. The molecule has 1 rings (SSSR count). The van der Waals surface area contributed by atoms with Gasteiger partial charge in [-0.1, -0.05) is 13.8 Å². The smallest absolute Gasteiger partial charge is 0.258 e. The number of halogens is 2. The monoisotopic (exact) mass is 259 g/mol. The number of benzene rings is 1. The van der Waals surface area contributed by atoms with E-state index in [1.54, 1.807) is 0 Å². The second-order valence-electron chi connectivity index (χ2n) is 4.46. The van der Waals surface area contributed by atoms with Gasteiger partial charge in [0.1, 0.15) is 5.82 Å². The fraction of sp³-hybridized carbons (Fsp3) is 0.500. The molecule has 0 saturated heterocycles. The summed E-state index contributed by atoms with van der Waals surface area (Å²) in [6, 6.07) is 3.46. The lowest BCUT2D eigenvalue weighted by Gasteiger charge is -2.12. The maximum atomic E-state index is 13.1. The highest BCUT2D eigenvalue weighted by Crippen LogP contribution is 2.24. The Labute approximate surface area is 105 Å². The molecule has 1 aromatic carbocycles. The zero-order chi connectivity index (χ0) is 13.0.